The molecule has 0 aromatic carbocycles. The lowest BCUT2D eigenvalue weighted by molar-refractivity contribution is -0.0527. The summed E-state index contributed by atoms with van der Waals surface area (Å²) in [4.78, 5) is 4.68. The van der Waals surface area contributed by atoms with Gasteiger partial charge in [-0.05, 0) is 32.1 Å². The first-order chi connectivity index (χ1) is 9.73. The van der Waals surface area contributed by atoms with Gasteiger partial charge in [-0.1, -0.05) is 30.8 Å². The molecule has 5 heteroatoms. The van der Waals surface area contributed by atoms with Crippen molar-refractivity contribution in [2.45, 2.75) is 75.3 Å². The largest absolute Gasteiger partial charge is 0.370 e. The third-order valence-corrected chi connectivity index (χ3v) is 4.97. The molecule has 3 rings (SSSR count). The van der Waals surface area contributed by atoms with Gasteiger partial charge in [0.25, 0.3) is 0 Å². The average Bonchev–Trinajstić information content (AvgIpc) is 2.98. The van der Waals surface area contributed by atoms with Gasteiger partial charge in [-0.25, -0.2) is 0 Å². The van der Waals surface area contributed by atoms with Crippen molar-refractivity contribution in [1.29, 1.82) is 0 Å². The van der Waals surface area contributed by atoms with Crippen LogP contribution in [0.15, 0.2) is 4.52 Å². The van der Waals surface area contributed by atoms with Crippen LogP contribution in [0.2, 0.25) is 0 Å². The third kappa shape index (κ3) is 2.61. The van der Waals surface area contributed by atoms with E-state index in [0.29, 0.717) is 5.92 Å². The van der Waals surface area contributed by atoms with Gasteiger partial charge >= 0.3 is 0 Å². The summed E-state index contributed by atoms with van der Waals surface area (Å²) >= 11 is 0. The highest BCUT2D eigenvalue weighted by Crippen LogP contribution is 2.39. The highest BCUT2D eigenvalue weighted by atomic mass is 16.5. The van der Waals surface area contributed by atoms with Gasteiger partial charge in [-0.2, -0.15) is 4.98 Å². The normalized spacial score (nSPS) is 30.3. The van der Waals surface area contributed by atoms with Crippen molar-refractivity contribution in [2.75, 3.05) is 7.11 Å². The maximum Gasteiger partial charge on any atom is 0.229 e. The van der Waals surface area contributed by atoms with Crippen molar-refractivity contribution in [3.05, 3.63) is 11.7 Å². The Labute approximate surface area is 120 Å². The molecule has 2 N–H and O–H groups in total. The van der Waals surface area contributed by atoms with Crippen molar-refractivity contribution in [2.24, 2.45) is 5.73 Å². The average molecular weight is 279 g/mol. The number of nitrogens with two attached hydrogens (primary N) is 1. The second-order valence-corrected chi connectivity index (χ2v) is 6.34. The molecule has 2 aliphatic carbocycles. The first kappa shape index (κ1) is 14.0. The molecule has 2 aliphatic rings. The van der Waals surface area contributed by atoms with Crippen LogP contribution in [0.1, 0.15) is 75.4 Å². The topological polar surface area (TPSA) is 74.2 Å². The Hall–Kier alpha value is -0.940. The van der Waals surface area contributed by atoms with Crippen molar-refractivity contribution in [3.8, 4) is 0 Å². The molecule has 2 fully saturated rings. The standard InChI is InChI=1S/C15H25N3O2/c1-19-15(8-3-2-4-9-15)14-17-13(20-18-14)11-6-5-7-12(16)10-11/h11-12H,2-10,16H2,1H3. The van der Waals surface area contributed by atoms with Crippen LogP contribution >= 0.6 is 0 Å². The third-order valence-electron chi connectivity index (χ3n) is 4.97. The van der Waals surface area contributed by atoms with Crippen LogP contribution in [0, 0.1) is 0 Å². The summed E-state index contributed by atoms with van der Waals surface area (Å²) in [5, 5.41) is 4.23. The highest BCUT2D eigenvalue weighted by Gasteiger charge is 2.39. The van der Waals surface area contributed by atoms with Gasteiger partial charge in [0, 0.05) is 19.1 Å². The lowest BCUT2D eigenvalue weighted by Gasteiger charge is -2.32. The van der Waals surface area contributed by atoms with E-state index in [-0.39, 0.29) is 11.6 Å². The first-order valence-electron chi connectivity index (χ1n) is 7.88. The van der Waals surface area contributed by atoms with Gasteiger partial charge in [0.05, 0.1) is 0 Å². The second-order valence-electron chi connectivity index (χ2n) is 6.34. The van der Waals surface area contributed by atoms with E-state index >= 15 is 0 Å². The lowest BCUT2D eigenvalue weighted by atomic mass is 9.83. The molecule has 0 saturated heterocycles. The number of nitrogens with zero attached hydrogens (tertiary/aromatic N) is 2. The summed E-state index contributed by atoms with van der Waals surface area (Å²) in [6.07, 6.45) is 9.93. The number of rotatable bonds is 3. The van der Waals surface area contributed by atoms with E-state index in [1.807, 2.05) is 0 Å². The summed E-state index contributed by atoms with van der Waals surface area (Å²) in [5.41, 5.74) is 5.73. The Morgan fingerprint density at radius 1 is 1.20 bits per heavy atom. The van der Waals surface area contributed by atoms with E-state index in [1.165, 1.54) is 19.3 Å². The number of methoxy groups -OCH3 is 1. The summed E-state index contributed by atoms with van der Waals surface area (Å²) < 4.78 is 11.3. The maximum absolute atomic E-state index is 6.05. The monoisotopic (exact) mass is 279 g/mol. The van der Waals surface area contributed by atoms with Crippen LogP contribution < -0.4 is 5.73 Å². The van der Waals surface area contributed by atoms with E-state index in [9.17, 15) is 0 Å². The minimum atomic E-state index is -0.323. The zero-order valence-electron chi connectivity index (χ0n) is 12.3. The molecule has 0 spiro atoms. The molecule has 2 saturated carbocycles. The van der Waals surface area contributed by atoms with E-state index in [0.717, 1.165) is 50.2 Å². The molecule has 1 aromatic rings. The predicted molar refractivity (Wildman–Crippen MR) is 75.3 cm³/mol. The van der Waals surface area contributed by atoms with Crippen LogP contribution in [-0.2, 0) is 10.3 Å². The van der Waals surface area contributed by atoms with Crippen molar-refractivity contribution in [3.63, 3.8) is 0 Å². The molecule has 112 valence electrons. The van der Waals surface area contributed by atoms with Gasteiger partial charge < -0.3 is 15.0 Å². The van der Waals surface area contributed by atoms with Crippen LogP contribution in [0.4, 0.5) is 0 Å². The number of hydrogen-bond donors (Lipinski definition) is 1. The summed E-state index contributed by atoms with van der Waals surface area (Å²) in [5.74, 6) is 1.84. The maximum atomic E-state index is 6.05. The Morgan fingerprint density at radius 3 is 2.70 bits per heavy atom. The van der Waals surface area contributed by atoms with Gasteiger partial charge in [-0.3, -0.25) is 0 Å². The minimum absolute atomic E-state index is 0.273. The van der Waals surface area contributed by atoms with E-state index in [1.54, 1.807) is 7.11 Å². The molecule has 0 amide bonds. The minimum Gasteiger partial charge on any atom is -0.370 e. The Morgan fingerprint density at radius 2 is 2.00 bits per heavy atom. The molecule has 1 aromatic heterocycles. The molecule has 20 heavy (non-hydrogen) atoms. The molecule has 0 radical (unpaired) electrons. The predicted octanol–water partition coefficient (Wildman–Crippen LogP) is 2.86. The fourth-order valence-corrected chi connectivity index (χ4v) is 3.68. The molecule has 5 nitrogen and oxygen atoms in total. The van der Waals surface area contributed by atoms with Crippen LogP contribution in [0.5, 0.6) is 0 Å². The Bertz CT molecular complexity index is 440. The van der Waals surface area contributed by atoms with Crippen LogP contribution in [0.3, 0.4) is 0 Å². The van der Waals surface area contributed by atoms with Crippen LogP contribution in [0.25, 0.3) is 0 Å². The molecule has 0 bridgehead atoms. The lowest BCUT2D eigenvalue weighted by Crippen LogP contribution is -2.32. The van der Waals surface area contributed by atoms with Gasteiger partial charge in [-0.15, -0.1) is 0 Å². The van der Waals surface area contributed by atoms with Crippen molar-refractivity contribution in [1.82, 2.24) is 10.1 Å². The summed E-state index contributed by atoms with van der Waals surface area (Å²) in [6.45, 7) is 0. The van der Waals surface area contributed by atoms with Crippen molar-refractivity contribution < 1.29 is 9.26 Å². The Kier molecular flexibility index (Phi) is 4.08. The molecule has 1 heterocycles. The van der Waals surface area contributed by atoms with E-state index in [4.69, 9.17) is 15.0 Å². The summed E-state index contributed by atoms with van der Waals surface area (Å²) in [7, 11) is 1.76. The number of aromatic nitrogens is 2. The molecule has 0 aliphatic heterocycles. The fourth-order valence-electron chi connectivity index (χ4n) is 3.68. The summed E-state index contributed by atoms with van der Waals surface area (Å²) in [6, 6.07) is 0.273. The number of hydrogen-bond acceptors (Lipinski definition) is 5. The molecule has 2 unspecified atom stereocenters. The zero-order valence-corrected chi connectivity index (χ0v) is 12.3. The van der Waals surface area contributed by atoms with E-state index < -0.39 is 0 Å². The SMILES string of the molecule is COC1(c2noc(C3CCCC(N)C3)n2)CCCCC1. The van der Waals surface area contributed by atoms with Crippen LogP contribution in [-0.4, -0.2) is 23.3 Å². The number of ether oxygens (including phenoxy) is 1. The first-order valence-corrected chi connectivity index (χ1v) is 7.88. The van der Waals surface area contributed by atoms with Crippen molar-refractivity contribution >= 4 is 0 Å². The smallest absolute Gasteiger partial charge is 0.229 e. The quantitative estimate of drug-likeness (QED) is 0.921. The van der Waals surface area contributed by atoms with Gasteiger partial charge in [0.2, 0.25) is 11.7 Å². The fraction of sp³-hybridized carbons (Fsp3) is 0.867. The highest BCUT2D eigenvalue weighted by molar-refractivity contribution is 5.06. The molecule has 2 atom stereocenters. The zero-order chi connectivity index (χ0) is 14.0. The van der Waals surface area contributed by atoms with Gasteiger partial charge in [0.1, 0.15) is 5.60 Å². The second kappa shape index (κ2) is 5.82. The molecular weight excluding hydrogens is 254 g/mol. The molecular formula is C15H25N3O2. The Balaban J connectivity index is 1.78. The van der Waals surface area contributed by atoms with E-state index in [2.05, 4.69) is 10.1 Å². The van der Waals surface area contributed by atoms with Gasteiger partial charge in [0.15, 0.2) is 0 Å².